The van der Waals surface area contributed by atoms with E-state index in [0.29, 0.717) is 21.9 Å². The van der Waals surface area contributed by atoms with Gasteiger partial charge in [-0.3, -0.25) is 4.79 Å². The third-order valence-corrected chi connectivity index (χ3v) is 3.48. The Kier molecular flexibility index (Phi) is 6.57. The Morgan fingerprint density at radius 2 is 1.83 bits per heavy atom. The van der Waals surface area contributed by atoms with Gasteiger partial charge in [-0.1, -0.05) is 6.07 Å². The number of aliphatic carboxylic acids is 1. The van der Waals surface area contributed by atoms with Gasteiger partial charge in [-0.25, -0.2) is 0 Å². The first-order valence-electron chi connectivity index (χ1n) is 6.86. The Morgan fingerprint density at radius 1 is 1.22 bits per heavy atom. The van der Waals surface area contributed by atoms with Crippen LogP contribution in [0, 0.1) is 26.8 Å². The number of benzene rings is 2. The number of para-hydroxylation sites is 1. The molecule has 0 aliphatic heterocycles. The Balaban J connectivity index is 0.000000478. The monoisotopic (exact) mass is 320 g/mol. The number of carboxylic acids is 1. The summed E-state index contributed by atoms with van der Waals surface area (Å²) < 4.78 is 5.86. The van der Waals surface area contributed by atoms with Gasteiger partial charge in [0.1, 0.15) is 11.0 Å². The molecule has 1 heterocycles. The summed E-state index contributed by atoms with van der Waals surface area (Å²) >= 11 is 0. The molecule has 0 unspecified atom stereocenters. The number of aryl methyl sites for hydroxylation is 3. The molecule has 0 aliphatic carbocycles. The molecule has 5 heteroatoms. The fourth-order valence-corrected chi connectivity index (χ4v) is 2.38. The van der Waals surface area contributed by atoms with Crippen molar-refractivity contribution >= 4 is 27.9 Å². The minimum atomic E-state index is -0.833. The largest absolute Gasteiger partial charge is 1.00 e. The van der Waals surface area contributed by atoms with Crippen LogP contribution in [0.3, 0.4) is 0 Å². The van der Waals surface area contributed by atoms with Crippen LogP contribution in [0.2, 0.25) is 0 Å². The zero-order valence-corrected chi connectivity index (χ0v) is 16.0. The SMILES string of the molecule is CC(=O)O.Cc1cc(C)c2c(=O)c3ccc[c-]c3oc2c1C.[Na+]. The molecule has 0 bridgehead atoms. The van der Waals surface area contributed by atoms with Crippen molar-refractivity contribution in [2.75, 3.05) is 0 Å². The van der Waals surface area contributed by atoms with Gasteiger partial charge in [-0.2, -0.15) is 18.2 Å². The van der Waals surface area contributed by atoms with Crippen LogP contribution in [0.15, 0.2) is 33.5 Å². The second-order valence-corrected chi connectivity index (χ2v) is 5.20. The molecule has 0 amide bonds. The molecule has 1 N–H and O–H groups in total. The van der Waals surface area contributed by atoms with E-state index in [1.165, 1.54) is 0 Å². The molecule has 3 rings (SSSR count). The number of hydrogen-bond acceptors (Lipinski definition) is 3. The van der Waals surface area contributed by atoms with Crippen LogP contribution >= 0.6 is 0 Å². The van der Waals surface area contributed by atoms with Gasteiger partial charge in [-0.15, -0.1) is 6.07 Å². The van der Waals surface area contributed by atoms with Crippen LogP contribution < -0.4 is 35.0 Å². The number of carbonyl (C=O) groups is 1. The Bertz CT molecular complexity index is 922. The smallest absolute Gasteiger partial charge is 0.482 e. The fraction of sp³-hybridized carbons (Fsp3) is 0.222. The van der Waals surface area contributed by atoms with Crippen molar-refractivity contribution in [1.82, 2.24) is 0 Å². The van der Waals surface area contributed by atoms with Crippen molar-refractivity contribution in [3.63, 3.8) is 0 Å². The second-order valence-electron chi connectivity index (χ2n) is 5.20. The molecule has 0 spiro atoms. The van der Waals surface area contributed by atoms with Gasteiger partial charge in [0, 0.05) is 12.5 Å². The molecular weight excluding hydrogens is 303 g/mol. The molecule has 114 valence electrons. The third kappa shape index (κ3) is 4.02. The maximum Gasteiger partial charge on any atom is 1.00 e. The van der Waals surface area contributed by atoms with Gasteiger partial charge in [0.25, 0.3) is 5.97 Å². The van der Waals surface area contributed by atoms with Crippen LogP contribution in [0.1, 0.15) is 23.6 Å². The van der Waals surface area contributed by atoms with Crippen LogP contribution in [0.4, 0.5) is 0 Å². The van der Waals surface area contributed by atoms with E-state index in [4.69, 9.17) is 14.3 Å². The molecule has 4 nitrogen and oxygen atoms in total. The predicted molar refractivity (Wildman–Crippen MR) is 86.3 cm³/mol. The number of rotatable bonds is 0. The topological polar surface area (TPSA) is 67.5 Å². The standard InChI is InChI=1S/C16H13O2.C2H4O2.Na/c1-9-8-10(2)14-15(17)12-6-4-5-7-13(12)18-16(14)11(9)3;1-2(3)4;/h4-6,8H,1-3H3;1H3,(H,3,4);/q-1;;+1. The molecule has 0 atom stereocenters. The average Bonchev–Trinajstić information content (AvgIpc) is 2.44. The van der Waals surface area contributed by atoms with Gasteiger partial charge in [0.2, 0.25) is 0 Å². The second kappa shape index (κ2) is 7.77. The van der Waals surface area contributed by atoms with Crippen molar-refractivity contribution in [3.8, 4) is 0 Å². The van der Waals surface area contributed by atoms with E-state index in [9.17, 15) is 4.79 Å². The zero-order valence-electron chi connectivity index (χ0n) is 14.0. The zero-order chi connectivity index (χ0) is 16.4. The van der Waals surface area contributed by atoms with Gasteiger partial charge >= 0.3 is 29.6 Å². The molecule has 1 aromatic heterocycles. The first kappa shape index (κ1) is 19.4. The summed E-state index contributed by atoms with van der Waals surface area (Å²) in [7, 11) is 0. The first-order valence-corrected chi connectivity index (χ1v) is 6.86. The quantitative estimate of drug-likeness (QED) is 0.377. The summed E-state index contributed by atoms with van der Waals surface area (Å²) in [5, 5.41) is 8.70. The molecule has 0 radical (unpaired) electrons. The molecule has 3 aromatic rings. The molecule has 0 aliphatic rings. The summed E-state index contributed by atoms with van der Waals surface area (Å²) in [5.41, 5.74) is 4.37. The molecule has 2 aromatic carbocycles. The fourth-order valence-electron chi connectivity index (χ4n) is 2.38. The summed E-state index contributed by atoms with van der Waals surface area (Å²) in [6.45, 7) is 7.04. The maximum absolute atomic E-state index is 12.5. The molecule has 23 heavy (non-hydrogen) atoms. The van der Waals surface area contributed by atoms with E-state index in [0.717, 1.165) is 23.6 Å². The van der Waals surface area contributed by atoms with Crippen molar-refractivity contribution < 1.29 is 43.9 Å². The first-order chi connectivity index (χ1) is 10.3. The van der Waals surface area contributed by atoms with Crippen LogP contribution in [0.5, 0.6) is 0 Å². The Hall–Kier alpha value is -1.62. The molecular formula is C18H17NaO4. The van der Waals surface area contributed by atoms with E-state index >= 15 is 0 Å². The van der Waals surface area contributed by atoms with E-state index in [-0.39, 0.29) is 35.0 Å². The average molecular weight is 320 g/mol. The Labute approximate surface area is 156 Å². The van der Waals surface area contributed by atoms with Gasteiger partial charge < -0.3 is 14.3 Å². The Morgan fingerprint density at radius 3 is 2.43 bits per heavy atom. The van der Waals surface area contributed by atoms with Crippen molar-refractivity contribution in [2.24, 2.45) is 0 Å². The summed E-state index contributed by atoms with van der Waals surface area (Å²) in [6, 6.07) is 10.4. The maximum atomic E-state index is 12.5. The van der Waals surface area contributed by atoms with E-state index < -0.39 is 5.97 Å². The minimum Gasteiger partial charge on any atom is -0.482 e. The van der Waals surface area contributed by atoms with Crippen molar-refractivity contribution in [2.45, 2.75) is 27.7 Å². The van der Waals surface area contributed by atoms with Crippen molar-refractivity contribution in [1.29, 1.82) is 0 Å². The number of fused-ring (bicyclic) bond motifs is 2. The third-order valence-electron chi connectivity index (χ3n) is 3.48. The van der Waals surface area contributed by atoms with E-state index in [1.807, 2.05) is 32.9 Å². The minimum absolute atomic E-state index is 0. The summed E-state index contributed by atoms with van der Waals surface area (Å²) in [5.74, 6) is -0.833. The van der Waals surface area contributed by atoms with E-state index in [1.54, 1.807) is 12.1 Å². The number of hydrogen-bond donors (Lipinski definition) is 1. The van der Waals surface area contributed by atoms with Gasteiger partial charge in [0.05, 0.1) is 5.39 Å². The van der Waals surface area contributed by atoms with Crippen molar-refractivity contribution in [3.05, 3.63) is 57.2 Å². The summed E-state index contributed by atoms with van der Waals surface area (Å²) in [4.78, 5) is 21.5. The van der Waals surface area contributed by atoms with Gasteiger partial charge in [-0.05, 0) is 42.8 Å². The predicted octanol–water partition coefficient (Wildman–Crippen LogP) is 0.767. The van der Waals surface area contributed by atoms with Crippen LogP contribution in [-0.2, 0) is 4.79 Å². The molecule has 0 saturated heterocycles. The van der Waals surface area contributed by atoms with E-state index in [2.05, 4.69) is 6.07 Å². The number of carboxylic acid groups (broad SMARTS) is 1. The van der Waals surface area contributed by atoms with Crippen LogP contribution in [0.25, 0.3) is 21.9 Å². The normalized spacial score (nSPS) is 9.91. The molecule has 0 saturated carbocycles. The molecule has 0 fully saturated rings. The summed E-state index contributed by atoms with van der Waals surface area (Å²) in [6.07, 6.45) is 0. The van der Waals surface area contributed by atoms with Crippen LogP contribution in [-0.4, -0.2) is 11.1 Å². The van der Waals surface area contributed by atoms with Gasteiger partial charge in [0.15, 0.2) is 0 Å².